The van der Waals surface area contributed by atoms with Gasteiger partial charge >= 0.3 is 0 Å². The lowest BCUT2D eigenvalue weighted by molar-refractivity contribution is 0.0264. The molecule has 2 aliphatic rings. The number of thioether (sulfide) groups is 1. The first kappa shape index (κ1) is 14.7. The molecule has 1 aliphatic carbocycles. The summed E-state index contributed by atoms with van der Waals surface area (Å²) in [6.45, 7) is 3.09. The van der Waals surface area contributed by atoms with Crippen LogP contribution in [0.2, 0.25) is 0 Å². The van der Waals surface area contributed by atoms with Gasteiger partial charge in [0.25, 0.3) is 0 Å². The highest BCUT2D eigenvalue weighted by Crippen LogP contribution is 2.29. The monoisotopic (exact) mass is 271 g/mol. The maximum Gasteiger partial charge on any atom is 0.0787 e. The van der Waals surface area contributed by atoms with Gasteiger partial charge in [-0.1, -0.05) is 26.2 Å². The van der Waals surface area contributed by atoms with E-state index in [2.05, 4.69) is 12.2 Å². The largest absolute Gasteiger partial charge is 0.389 e. The van der Waals surface area contributed by atoms with E-state index in [4.69, 9.17) is 0 Å². The summed E-state index contributed by atoms with van der Waals surface area (Å²) in [5.41, 5.74) is -0.423. The van der Waals surface area contributed by atoms with Gasteiger partial charge in [0.05, 0.1) is 5.60 Å². The summed E-state index contributed by atoms with van der Waals surface area (Å²) in [4.78, 5) is 0. The van der Waals surface area contributed by atoms with Crippen molar-refractivity contribution in [2.75, 3.05) is 18.1 Å². The molecular weight excluding hydrogens is 242 g/mol. The van der Waals surface area contributed by atoms with Crippen LogP contribution in [0.3, 0.4) is 0 Å². The van der Waals surface area contributed by atoms with Gasteiger partial charge in [0.1, 0.15) is 0 Å². The lowest BCUT2D eigenvalue weighted by atomic mass is 9.82. The minimum Gasteiger partial charge on any atom is -0.389 e. The summed E-state index contributed by atoms with van der Waals surface area (Å²) in [7, 11) is 0. The van der Waals surface area contributed by atoms with Crippen molar-refractivity contribution in [1.29, 1.82) is 0 Å². The van der Waals surface area contributed by atoms with Crippen LogP contribution in [0, 0.1) is 5.92 Å². The van der Waals surface area contributed by atoms with Gasteiger partial charge in [-0.25, -0.2) is 0 Å². The molecule has 1 atom stereocenters. The highest BCUT2D eigenvalue weighted by Gasteiger charge is 2.31. The highest BCUT2D eigenvalue weighted by atomic mass is 32.2. The van der Waals surface area contributed by atoms with Gasteiger partial charge in [-0.05, 0) is 49.5 Å². The van der Waals surface area contributed by atoms with E-state index in [1.807, 2.05) is 11.8 Å². The third-order valence-corrected chi connectivity index (χ3v) is 5.76. The fraction of sp³-hybridized carbons (Fsp3) is 1.00. The lowest BCUT2D eigenvalue weighted by Gasteiger charge is -2.36. The second-order valence-corrected chi connectivity index (χ2v) is 7.36. The van der Waals surface area contributed by atoms with E-state index in [1.165, 1.54) is 38.5 Å². The summed E-state index contributed by atoms with van der Waals surface area (Å²) in [6, 6.07) is 0.629. The molecule has 1 heterocycles. The average Bonchev–Trinajstić information content (AvgIpc) is 2.41. The Morgan fingerprint density at radius 2 is 1.89 bits per heavy atom. The van der Waals surface area contributed by atoms with Gasteiger partial charge < -0.3 is 10.4 Å². The summed E-state index contributed by atoms with van der Waals surface area (Å²) in [6.07, 6.45) is 10.1. The zero-order valence-electron chi connectivity index (χ0n) is 11.8. The number of hydrogen-bond donors (Lipinski definition) is 2. The number of rotatable bonds is 5. The standard InChI is InChI=1S/C15H29NOS/c1-2-14(13-6-4-3-5-7-13)16-12-15(17)8-10-18-11-9-15/h13-14,16-17H,2-12H2,1H3. The summed E-state index contributed by atoms with van der Waals surface area (Å²) in [5, 5.41) is 14.2. The van der Waals surface area contributed by atoms with Crippen LogP contribution in [-0.2, 0) is 0 Å². The number of hydrogen-bond acceptors (Lipinski definition) is 3. The summed E-state index contributed by atoms with van der Waals surface area (Å²) in [5.74, 6) is 3.10. The Morgan fingerprint density at radius 1 is 1.22 bits per heavy atom. The number of nitrogens with one attached hydrogen (secondary N) is 1. The smallest absolute Gasteiger partial charge is 0.0787 e. The molecule has 2 N–H and O–H groups in total. The highest BCUT2D eigenvalue weighted by molar-refractivity contribution is 7.99. The molecule has 18 heavy (non-hydrogen) atoms. The molecule has 1 aliphatic heterocycles. The van der Waals surface area contributed by atoms with Crippen molar-refractivity contribution in [3.05, 3.63) is 0 Å². The third kappa shape index (κ3) is 4.14. The molecular formula is C15H29NOS. The molecule has 0 bridgehead atoms. The minimum atomic E-state index is -0.423. The van der Waals surface area contributed by atoms with Crippen LogP contribution in [0.15, 0.2) is 0 Å². The van der Waals surface area contributed by atoms with Crippen molar-refractivity contribution < 1.29 is 5.11 Å². The Balaban J connectivity index is 1.78. The Hall–Kier alpha value is 0.270. The van der Waals surface area contributed by atoms with Crippen LogP contribution in [0.4, 0.5) is 0 Å². The first-order chi connectivity index (χ1) is 8.73. The normalized spacial score (nSPS) is 27.0. The van der Waals surface area contributed by atoms with Crippen LogP contribution in [0.1, 0.15) is 58.3 Å². The maximum absolute atomic E-state index is 10.5. The summed E-state index contributed by atoms with van der Waals surface area (Å²) < 4.78 is 0. The average molecular weight is 271 g/mol. The molecule has 0 spiro atoms. The van der Waals surface area contributed by atoms with Gasteiger partial charge in [0, 0.05) is 12.6 Å². The van der Waals surface area contributed by atoms with Crippen molar-refractivity contribution in [1.82, 2.24) is 5.32 Å². The molecule has 2 fully saturated rings. The molecule has 0 aromatic rings. The molecule has 1 unspecified atom stereocenters. The van der Waals surface area contributed by atoms with Crippen LogP contribution < -0.4 is 5.32 Å². The van der Waals surface area contributed by atoms with E-state index in [0.29, 0.717) is 6.04 Å². The first-order valence-electron chi connectivity index (χ1n) is 7.77. The second-order valence-electron chi connectivity index (χ2n) is 6.13. The zero-order valence-corrected chi connectivity index (χ0v) is 12.6. The second kappa shape index (κ2) is 7.16. The van der Waals surface area contributed by atoms with Crippen LogP contribution in [0.5, 0.6) is 0 Å². The van der Waals surface area contributed by atoms with Crippen molar-refractivity contribution in [3.8, 4) is 0 Å². The van der Waals surface area contributed by atoms with E-state index in [1.54, 1.807) is 0 Å². The van der Waals surface area contributed by atoms with Crippen LogP contribution >= 0.6 is 11.8 Å². The maximum atomic E-state index is 10.5. The minimum absolute atomic E-state index is 0.423. The van der Waals surface area contributed by atoms with E-state index in [9.17, 15) is 5.11 Å². The molecule has 1 saturated heterocycles. The lowest BCUT2D eigenvalue weighted by Crippen LogP contribution is -2.48. The molecule has 0 aromatic carbocycles. The van der Waals surface area contributed by atoms with Gasteiger partial charge in [-0.3, -0.25) is 0 Å². The molecule has 3 heteroatoms. The van der Waals surface area contributed by atoms with E-state index in [0.717, 1.165) is 36.8 Å². The molecule has 0 amide bonds. The predicted molar refractivity (Wildman–Crippen MR) is 80.2 cm³/mol. The van der Waals surface area contributed by atoms with Gasteiger partial charge in [0.15, 0.2) is 0 Å². The van der Waals surface area contributed by atoms with Crippen molar-refractivity contribution in [3.63, 3.8) is 0 Å². The predicted octanol–water partition coefficient (Wildman–Crippen LogP) is 3.19. The molecule has 0 aromatic heterocycles. The Labute approximate surface area is 116 Å². The third-order valence-electron chi connectivity index (χ3n) is 4.78. The molecule has 2 nitrogen and oxygen atoms in total. The Kier molecular flexibility index (Phi) is 5.84. The quantitative estimate of drug-likeness (QED) is 0.805. The van der Waals surface area contributed by atoms with Gasteiger partial charge in [0.2, 0.25) is 0 Å². The van der Waals surface area contributed by atoms with Gasteiger partial charge in [-0.15, -0.1) is 0 Å². The molecule has 2 rings (SSSR count). The van der Waals surface area contributed by atoms with Crippen molar-refractivity contribution in [2.45, 2.75) is 69.9 Å². The van der Waals surface area contributed by atoms with E-state index < -0.39 is 5.60 Å². The van der Waals surface area contributed by atoms with Crippen molar-refractivity contribution >= 4 is 11.8 Å². The summed E-state index contributed by atoms with van der Waals surface area (Å²) >= 11 is 1.98. The Morgan fingerprint density at radius 3 is 2.50 bits per heavy atom. The van der Waals surface area contributed by atoms with Gasteiger partial charge in [-0.2, -0.15) is 11.8 Å². The fourth-order valence-corrected chi connectivity index (χ4v) is 4.68. The van der Waals surface area contributed by atoms with E-state index in [-0.39, 0.29) is 0 Å². The Bertz CT molecular complexity index is 235. The molecule has 106 valence electrons. The number of aliphatic hydroxyl groups is 1. The SMILES string of the molecule is CCC(NCC1(O)CCSCC1)C1CCCCC1. The van der Waals surface area contributed by atoms with E-state index >= 15 is 0 Å². The van der Waals surface area contributed by atoms with Crippen LogP contribution in [-0.4, -0.2) is 34.8 Å². The topological polar surface area (TPSA) is 32.3 Å². The zero-order chi connectivity index (χ0) is 12.8. The fourth-order valence-electron chi connectivity index (χ4n) is 3.43. The molecule has 0 radical (unpaired) electrons. The van der Waals surface area contributed by atoms with Crippen molar-refractivity contribution in [2.24, 2.45) is 5.92 Å². The molecule has 1 saturated carbocycles. The van der Waals surface area contributed by atoms with Crippen LogP contribution in [0.25, 0.3) is 0 Å². The first-order valence-corrected chi connectivity index (χ1v) is 8.92.